The van der Waals surface area contributed by atoms with Gasteiger partial charge in [-0.05, 0) is 29.8 Å². The van der Waals surface area contributed by atoms with Gasteiger partial charge in [-0.3, -0.25) is 4.79 Å². The fourth-order valence-corrected chi connectivity index (χ4v) is 3.16. The molecule has 30 heavy (non-hydrogen) atoms. The van der Waals surface area contributed by atoms with Gasteiger partial charge in [0, 0.05) is 31.1 Å². The van der Waals surface area contributed by atoms with E-state index < -0.39 is 6.04 Å². The number of amides is 1. The van der Waals surface area contributed by atoms with E-state index in [1.807, 2.05) is 48.1 Å². The van der Waals surface area contributed by atoms with Crippen molar-refractivity contribution >= 4 is 12.0 Å². The number of aromatic nitrogens is 2. The number of imidazole rings is 1. The Morgan fingerprint density at radius 3 is 2.43 bits per heavy atom. The lowest BCUT2D eigenvalue weighted by molar-refractivity contribution is -0.117. The van der Waals surface area contributed by atoms with Gasteiger partial charge >= 0.3 is 0 Å². The molecule has 1 unspecified atom stereocenters. The maximum Gasteiger partial charge on any atom is 0.244 e. The van der Waals surface area contributed by atoms with E-state index in [1.165, 1.54) is 6.08 Å². The molecule has 7 nitrogen and oxygen atoms in total. The Labute approximate surface area is 175 Å². The van der Waals surface area contributed by atoms with Crippen LogP contribution in [0.2, 0.25) is 0 Å². The average molecular weight is 407 g/mol. The minimum absolute atomic E-state index is 0.260. The molecule has 0 fully saturated rings. The summed E-state index contributed by atoms with van der Waals surface area (Å²) in [5.74, 6) is 2.34. The Kier molecular flexibility index (Phi) is 6.75. The molecule has 0 saturated carbocycles. The normalized spacial score (nSPS) is 11.9. The molecule has 156 valence electrons. The number of carbonyl (C=O) groups is 1. The van der Waals surface area contributed by atoms with Crippen molar-refractivity contribution in [2.45, 2.75) is 6.04 Å². The van der Waals surface area contributed by atoms with Crippen LogP contribution in [0, 0.1) is 0 Å². The van der Waals surface area contributed by atoms with Crippen molar-refractivity contribution in [3.63, 3.8) is 0 Å². The molecule has 0 aliphatic carbocycles. The third-order valence-electron chi connectivity index (χ3n) is 4.69. The van der Waals surface area contributed by atoms with E-state index in [0.717, 1.165) is 11.1 Å². The molecule has 3 rings (SSSR count). The second-order valence-electron chi connectivity index (χ2n) is 6.53. The highest BCUT2D eigenvalue weighted by atomic mass is 16.5. The third kappa shape index (κ3) is 4.63. The fraction of sp³-hybridized carbons (Fsp3) is 0.217. The maximum atomic E-state index is 12.8. The number of aryl methyl sites for hydroxylation is 1. The average Bonchev–Trinajstić information content (AvgIpc) is 3.21. The van der Waals surface area contributed by atoms with E-state index in [2.05, 4.69) is 10.3 Å². The van der Waals surface area contributed by atoms with Gasteiger partial charge in [-0.1, -0.05) is 24.3 Å². The van der Waals surface area contributed by atoms with Crippen LogP contribution in [0.25, 0.3) is 6.08 Å². The van der Waals surface area contributed by atoms with Crippen LogP contribution in [0.3, 0.4) is 0 Å². The van der Waals surface area contributed by atoms with Crippen molar-refractivity contribution in [1.29, 1.82) is 0 Å². The van der Waals surface area contributed by atoms with Gasteiger partial charge in [0.05, 0.1) is 21.3 Å². The zero-order valence-electron chi connectivity index (χ0n) is 17.5. The number of rotatable bonds is 8. The maximum absolute atomic E-state index is 12.8. The minimum atomic E-state index is -0.469. The lowest BCUT2D eigenvalue weighted by Crippen LogP contribution is -2.30. The zero-order valence-corrected chi connectivity index (χ0v) is 17.5. The number of nitrogens with one attached hydrogen (secondary N) is 1. The van der Waals surface area contributed by atoms with Crippen molar-refractivity contribution in [2.24, 2.45) is 7.05 Å². The topological polar surface area (TPSA) is 74.6 Å². The predicted octanol–water partition coefficient (Wildman–Crippen LogP) is 3.36. The summed E-state index contributed by atoms with van der Waals surface area (Å²) < 4.78 is 17.9. The summed E-state index contributed by atoms with van der Waals surface area (Å²) in [5.41, 5.74) is 1.64. The van der Waals surface area contributed by atoms with E-state index in [9.17, 15) is 4.79 Å². The molecular weight excluding hydrogens is 382 g/mol. The van der Waals surface area contributed by atoms with Crippen LogP contribution in [0.1, 0.15) is 23.0 Å². The summed E-state index contributed by atoms with van der Waals surface area (Å²) in [4.78, 5) is 17.2. The van der Waals surface area contributed by atoms with Crippen molar-refractivity contribution in [3.05, 3.63) is 77.9 Å². The van der Waals surface area contributed by atoms with E-state index in [0.29, 0.717) is 23.1 Å². The van der Waals surface area contributed by atoms with Crippen LogP contribution in [-0.4, -0.2) is 36.8 Å². The molecule has 0 spiro atoms. The van der Waals surface area contributed by atoms with E-state index in [1.54, 1.807) is 45.7 Å². The van der Waals surface area contributed by atoms with E-state index in [-0.39, 0.29) is 5.91 Å². The number of methoxy groups -OCH3 is 3. The largest absolute Gasteiger partial charge is 0.496 e. The molecule has 0 radical (unpaired) electrons. The summed E-state index contributed by atoms with van der Waals surface area (Å²) >= 11 is 0. The monoisotopic (exact) mass is 407 g/mol. The van der Waals surface area contributed by atoms with Crippen LogP contribution >= 0.6 is 0 Å². The van der Waals surface area contributed by atoms with E-state index in [4.69, 9.17) is 14.2 Å². The third-order valence-corrected chi connectivity index (χ3v) is 4.69. The van der Waals surface area contributed by atoms with Gasteiger partial charge in [-0.15, -0.1) is 0 Å². The molecule has 1 amide bonds. The van der Waals surface area contributed by atoms with Gasteiger partial charge in [-0.25, -0.2) is 4.98 Å². The van der Waals surface area contributed by atoms with Gasteiger partial charge in [0.25, 0.3) is 0 Å². The smallest absolute Gasteiger partial charge is 0.244 e. The summed E-state index contributed by atoms with van der Waals surface area (Å²) in [6, 6.07) is 12.5. The molecule has 0 aliphatic rings. The van der Waals surface area contributed by atoms with Crippen LogP contribution < -0.4 is 19.5 Å². The first-order valence-electron chi connectivity index (χ1n) is 9.38. The van der Waals surface area contributed by atoms with Crippen molar-refractivity contribution in [2.75, 3.05) is 21.3 Å². The molecule has 1 heterocycles. The number of nitrogens with zero attached hydrogens (tertiary/aromatic N) is 2. The highest BCUT2D eigenvalue weighted by Gasteiger charge is 2.23. The van der Waals surface area contributed by atoms with Crippen LogP contribution in [-0.2, 0) is 11.8 Å². The molecule has 1 N–H and O–H groups in total. The molecule has 3 aromatic rings. The standard InChI is InChI=1S/C23H25N3O4/c1-26-14-13-24-23(26)22(17-7-5-6-8-18(17)28-2)25-21(27)12-10-16-9-11-19(29-3)20(15-16)30-4/h5-15,22H,1-4H3,(H,25,27)/b12-10+. The summed E-state index contributed by atoms with van der Waals surface area (Å²) in [6.07, 6.45) is 6.73. The second kappa shape index (κ2) is 9.65. The SMILES string of the molecule is COc1ccc(/C=C/C(=O)NC(c2ccccc2OC)c2nccn2C)cc1OC. The molecular formula is C23H25N3O4. The number of carbonyl (C=O) groups excluding carboxylic acids is 1. The zero-order chi connectivity index (χ0) is 21.5. The fourth-order valence-electron chi connectivity index (χ4n) is 3.16. The first-order valence-corrected chi connectivity index (χ1v) is 9.38. The molecule has 2 aromatic carbocycles. The molecule has 1 aromatic heterocycles. The van der Waals surface area contributed by atoms with Crippen molar-refractivity contribution < 1.29 is 19.0 Å². The van der Waals surface area contributed by atoms with Crippen LogP contribution in [0.5, 0.6) is 17.2 Å². The summed E-state index contributed by atoms with van der Waals surface area (Å²) in [6.45, 7) is 0. The van der Waals surface area contributed by atoms with Gasteiger partial charge < -0.3 is 24.1 Å². The Bertz CT molecular complexity index is 1040. The first-order chi connectivity index (χ1) is 14.6. The predicted molar refractivity (Wildman–Crippen MR) is 115 cm³/mol. The Hall–Kier alpha value is -3.74. The number of hydrogen-bond acceptors (Lipinski definition) is 5. The Morgan fingerprint density at radius 2 is 1.77 bits per heavy atom. The minimum Gasteiger partial charge on any atom is -0.496 e. The van der Waals surface area contributed by atoms with Crippen LogP contribution in [0.4, 0.5) is 0 Å². The van der Waals surface area contributed by atoms with E-state index >= 15 is 0 Å². The summed E-state index contributed by atoms with van der Waals surface area (Å²) in [7, 11) is 6.64. The van der Waals surface area contributed by atoms with Gasteiger partial charge in [0.15, 0.2) is 11.5 Å². The Morgan fingerprint density at radius 1 is 1.03 bits per heavy atom. The lowest BCUT2D eigenvalue weighted by atomic mass is 10.0. The molecule has 0 bridgehead atoms. The van der Waals surface area contributed by atoms with Gasteiger partial charge in [0.2, 0.25) is 5.91 Å². The highest BCUT2D eigenvalue weighted by molar-refractivity contribution is 5.92. The van der Waals surface area contributed by atoms with Gasteiger partial charge in [0.1, 0.15) is 17.6 Å². The second-order valence-corrected chi connectivity index (χ2v) is 6.53. The highest BCUT2D eigenvalue weighted by Crippen LogP contribution is 2.30. The quantitative estimate of drug-likeness (QED) is 0.580. The van der Waals surface area contributed by atoms with Crippen molar-refractivity contribution in [1.82, 2.24) is 14.9 Å². The number of para-hydroxylation sites is 1. The molecule has 1 atom stereocenters. The first kappa shape index (κ1) is 21.0. The molecule has 0 aliphatic heterocycles. The molecule has 7 heteroatoms. The number of benzene rings is 2. The number of ether oxygens (including phenoxy) is 3. The van der Waals surface area contributed by atoms with Gasteiger partial charge in [-0.2, -0.15) is 0 Å². The summed E-state index contributed by atoms with van der Waals surface area (Å²) in [5, 5.41) is 3.03. The number of hydrogen-bond donors (Lipinski definition) is 1. The molecule has 0 saturated heterocycles. The van der Waals surface area contributed by atoms with Crippen molar-refractivity contribution in [3.8, 4) is 17.2 Å². The van der Waals surface area contributed by atoms with Crippen LogP contribution in [0.15, 0.2) is 60.9 Å². The lowest BCUT2D eigenvalue weighted by Gasteiger charge is -2.20. The Balaban J connectivity index is 1.85.